The van der Waals surface area contributed by atoms with E-state index in [0.29, 0.717) is 0 Å². The molecule has 2 atom stereocenters. The molecule has 3 aromatic rings. The van der Waals surface area contributed by atoms with E-state index in [1.165, 1.54) is 0 Å². The summed E-state index contributed by atoms with van der Waals surface area (Å²) in [6, 6.07) is 21.6. The van der Waals surface area contributed by atoms with Gasteiger partial charge in [-0.1, -0.05) is 48.5 Å². The summed E-state index contributed by atoms with van der Waals surface area (Å²) >= 11 is 0. The van der Waals surface area contributed by atoms with Crippen LogP contribution in [-0.2, 0) is 0 Å². The second-order valence-electron chi connectivity index (χ2n) is 5.44. The highest BCUT2D eigenvalue weighted by molar-refractivity contribution is 5.96. The van der Waals surface area contributed by atoms with Crippen molar-refractivity contribution in [2.45, 2.75) is 12.1 Å². The summed E-state index contributed by atoms with van der Waals surface area (Å²) in [5, 5.41) is 0. The van der Waals surface area contributed by atoms with E-state index < -0.39 is 0 Å². The molecule has 3 nitrogen and oxygen atoms in total. The van der Waals surface area contributed by atoms with E-state index in [-0.39, 0.29) is 18.0 Å². The Labute approximate surface area is 128 Å². The van der Waals surface area contributed by atoms with Crippen molar-refractivity contribution < 1.29 is 9.21 Å². The van der Waals surface area contributed by atoms with E-state index in [1.807, 2.05) is 59.5 Å². The Balaban J connectivity index is 1.69. The zero-order valence-corrected chi connectivity index (χ0v) is 11.9. The third-order valence-corrected chi connectivity index (χ3v) is 4.09. The molecule has 0 radical (unpaired) electrons. The molecule has 108 valence electrons. The van der Waals surface area contributed by atoms with Crippen molar-refractivity contribution in [1.82, 2.24) is 4.90 Å². The van der Waals surface area contributed by atoms with Gasteiger partial charge in [0.15, 0.2) is 0 Å². The quantitative estimate of drug-likeness (QED) is 0.676. The van der Waals surface area contributed by atoms with Gasteiger partial charge in [-0.25, -0.2) is 0 Å². The van der Waals surface area contributed by atoms with E-state index in [9.17, 15) is 4.79 Å². The van der Waals surface area contributed by atoms with E-state index >= 15 is 0 Å². The Morgan fingerprint density at radius 3 is 2.09 bits per heavy atom. The summed E-state index contributed by atoms with van der Waals surface area (Å²) in [5.41, 5.74) is 2.91. The minimum Gasteiger partial charge on any atom is -0.472 e. The average molecular weight is 289 g/mol. The van der Waals surface area contributed by atoms with Crippen LogP contribution in [0.1, 0.15) is 33.6 Å². The molecule has 0 unspecified atom stereocenters. The molecule has 1 aromatic heterocycles. The third-order valence-electron chi connectivity index (χ3n) is 4.09. The van der Waals surface area contributed by atoms with Crippen molar-refractivity contribution in [2.75, 3.05) is 0 Å². The maximum atomic E-state index is 12.8. The van der Waals surface area contributed by atoms with Crippen LogP contribution in [0, 0.1) is 0 Å². The Morgan fingerprint density at radius 2 is 1.45 bits per heavy atom. The molecule has 1 amide bonds. The van der Waals surface area contributed by atoms with Gasteiger partial charge >= 0.3 is 0 Å². The lowest BCUT2D eigenvalue weighted by Gasteiger charge is -2.04. The van der Waals surface area contributed by atoms with Gasteiger partial charge in [-0.2, -0.15) is 0 Å². The maximum Gasteiger partial charge on any atom is 0.255 e. The highest BCUT2D eigenvalue weighted by atomic mass is 16.3. The first-order valence-corrected chi connectivity index (χ1v) is 7.31. The number of rotatable bonds is 3. The molecule has 2 heterocycles. The fourth-order valence-corrected chi connectivity index (χ4v) is 2.99. The normalized spacial score (nSPS) is 19.9. The standard InChI is InChI=1S/C19H15NO2/c21-19(15-9-5-2-6-10-15)20-17(14-7-3-1-4-8-14)18(20)16-11-12-22-13-16/h1-13,17-18H/t17-,18-,20?/m0/s1. The molecule has 0 spiro atoms. The van der Waals surface area contributed by atoms with Crippen molar-refractivity contribution in [3.05, 3.63) is 95.9 Å². The zero-order chi connectivity index (χ0) is 14.9. The molecule has 0 N–H and O–H groups in total. The van der Waals surface area contributed by atoms with E-state index in [2.05, 4.69) is 12.1 Å². The summed E-state index contributed by atoms with van der Waals surface area (Å²) in [7, 11) is 0. The van der Waals surface area contributed by atoms with Gasteiger partial charge in [0.25, 0.3) is 5.91 Å². The number of benzene rings is 2. The van der Waals surface area contributed by atoms with E-state index in [0.717, 1.165) is 16.7 Å². The monoisotopic (exact) mass is 289 g/mol. The topological polar surface area (TPSA) is 33.2 Å². The van der Waals surface area contributed by atoms with Crippen LogP contribution in [0.4, 0.5) is 0 Å². The molecule has 22 heavy (non-hydrogen) atoms. The van der Waals surface area contributed by atoms with Gasteiger partial charge in [-0.05, 0) is 23.8 Å². The van der Waals surface area contributed by atoms with Gasteiger partial charge in [0.1, 0.15) is 0 Å². The molecule has 0 saturated carbocycles. The third kappa shape index (κ3) is 2.11. The minimum atomic E-state index is 0.0499. The molecule has 1 saturated heterocycles. The van der Waals surface area contributed by atoms with E-state index in [4.69, 9.17) is 4.42 Å². The maximum absolute atomic E-state index is 12.8. The Morgan fingerprint density at radius 1 is 0.818 bits per heavy atom. The molecule has 0 aliphatic carbocycles. The number of hydrogen-bond donors (Lipinski definition) is 0. The first-order chi connectivity index (χ1) is 10.9. The lowest BCUT2D eigenvalue weighted by atomic mass is 10.1. The van der Waals surface area contributed by atoms with Crippen LogP contribution in [0.15, 0.2) is 83.7 Å². The summed E-state index contributed by atoms with van der Waals surface area (Å²) in [6.45, 7) is 0. The van der Waals surface area contributed by atoms with Crippen molar-refractivity contribution in [1.29, 1.82) is 0 Å². The van der Waals surface area contributed by atoms with Crippen LogP contribution < -0.4 is 0 Å². The fraction of sp³-hybridized carbons (Fsp3) is 0.105. The van der Waals surface area contributed by atoms with Crippen LogP contribution in [0.25, 0.3) is 0 Å². The van der Waals surface area contributed by atoms with Gasteiger partial charge < -0.3 is 9.32 Å². The van der Waals surface area contributed by atoms with Crippen LogP contribution in [0.5, 0.6) is 0 Å². The van der Waals surface area contributed by atoms with Crippen molar-refractivity contribution >= 4 is 5.91 Å². The Bertz CT molecular complexity index is 766. The predicted octanol–water partition coefficient (Wildman–Crippen LogP) is 4.22. The van der Waals surface area contributed by atoms with Gasteiger partial charge in [-0.3, -0.25) is 4.79 Å². The number of carbonyl (C=O) groups excluding carboxylic acids is 1. The Kier molecular flexibility index (Phi) is 3.04. The fourth-order valence-electron chi connectivity index (χ4n) is 2.99. The van der Waals surface area contributed by atoms with Gasteiger partial charge in [-0.15, -0.1) is 0 Å². The molecule has 0 bridgehead atoms. The lowest BCUT2D eigenvalue weighted by Crippen LogP contribution is -2.12. The molecular weight excluding hydrogens is 274 g/mol. The van der Waals surface area contributed by atoms with Gasteiger partial charge in [0, 0.05) is 11.1 Å². The van der Waals surface area contributed by atoms with Crippen molar-refractivity contribution in [3.8, 4) is 0 Å². The molecule has 3 heteroatoms. The SMILES string of the molecule is O=C(c1ccccc1)N1[C@@H](c2ccccc2)[C@@H]1c1ccoc1. The van der Waals surface area contributed by atoms with Crippen LogP contribution in [-0.4, -0.2) is 10.8 Å². The second kappa shape index (κ2) is 5.19. The second-order valence-corrected chi connectivity index (χ2v) is 5.44. The van der Waals surface area contributed by atoms with Crippen molar-refractivity contribution in [2.24, 2.45) is 0 Å². The largest absolute Gasteiger partial charge is 0.472 e. The number of carbonyl (C=O) groups is 1. The summed E-state index contributed by atoms with van der Waals surface area (Å²) < 4.78 is 5.20. The average Bonchev–Trinajstić information content (AvgIpc) is 3.09. The van der Waals surface area contributed by atoms with E-state index in [1.54, 1.807) is 12.5 Å². The smallest absolute Gasteiger partial charge is 0.255 e. The summed E-state index contributed by atoms with van der Waals surface area (Å²) in [5.74, 6) is 0.0562. The number of furan rings is 1. The number of hydrogen-bond acceptors (Lipinski definition) is 2. The number of amides is 1. The molecule has 1 aliphatic rings. The minimum absolute atomic E-state index is 0.0499. The molecular formula is C19H15NO2. The molecule has 1 aliphatic heterocycles. The molecule has 1 fully saturated rings. The molecule has 2 aromatic carbocycles. The van der Waals surface area contributed by atoms with Gasteiger partial charge in [0.2, 0.25) is 0 Å². The zero-order valence-electron chi connectivity index (χ0n) is 11.9. The van der Waals surface area contributed by atoms with Crippen LogP contribution in [0.3, 0.4) is 0 Å². The Hall–Kier alpha value is -2.81. The van der Waals surface area contributed by atoms with Gasteiger partial charge in [0.05, 0.1) is 24.6 Å². The van der Waals surface area contributed by atoms with Crippen LogP contribution >= 0.6 is 0 Å². The number of nitrogens with zero attached hydrogens (tertiary/aromatic N) is 1. The highest BCUT2D eigenvalue weighted by Crippen LogP contribution is 2.55. The highest BCUT2D eigenvalue weighted by Gasteiger charge is 2.53. The lowest BCUT2D eigenvalue weighted by molar-refractivity contribution is 0.0864. The molecule has 4 rings (SSSR count). The first kappa shape index (κ1) is 12.9. The van der Waals surface area contributed by atoms with Crippen molar-refractivity contribution in [3.63, 3.8) is 0 Å². The summed E-state index contributed by atoms with van der Waals surface area (Å²) in [4.78, 5) is 14.7. The first-order valence-electron chi connectivity index (χ1n) is 7.31. The van der Waals surface area contributed by atoms with Crippen LogP contribution in [0.2, 0.25) is 0 Å². The summed E-state index contributed by atoms with van der Waals surface area (Å²) in [6.07, 6.45) is 3.37. The predicted molar refractivity (Wildman–Crippen MR) is 83.2 cm³/mol.